The normalized spacial score (nSPS) is 15.2. The standard InChI is InChI=1S/C9H21NO2/c1-9(2,3)7(10-4)8(11-5)12-6/h7-8,10H,1-6H3. The molecule has 0 aromatic rings. The highest BCUT2D eigenvalue weighted by atomic mass is 16.7. The van der Waals surface area contributed by atoms with Crippen molar-refractivity contribution in [3.63, 3.8) is 0 Å². The number of likely N-dealkylation sites (N-methyl/N-ethyl adjacent to an activating group) is 1. The lowest BCUT2D eigenvalue weighted by molar-refractivity contribution is -0.140. The molecule has 0 rings (SSSR count). The highest BCUT2D eigenvalue weighted by molar-refractivity contribution is 4.81. The van der Waals surface area contributed by atoms with Crippen molar-refractivity contribution < 1.29 is 9.47 Å². The third-order valence-corrected chi connectivity index (χ3v) is 1.98. The maximum absolute atomic E-state index is 5.19. The van der Waals surface area contributed by atoms with Gasteiger partial charge in [0.2, 0.25) is 0 Å². The van der Waals surface area contributed by atoms with Crippen molar-refractivity contribution in [1.29, 1.82) is 0 Å². The highest BCUT2D eigenvalue weighted by Gasteiger charge is 2.30. The zero-order chi connectivity index (χ0) is 9.78. The summed E-state index contributed by atoms with van der Waals surface area (Å²) in [6.07, 6.45) is -0.185. The van der Waals surface area contributed by atoms with Gasteiger partial charge >= 0.3 is 0 Å². The van der Waals surface area contributed by atoms with E-state index < -0.39 is 0 Å². The van der Waals surface area contributed by atoms with Crippen LogP contribution in [0.3, 0.4) is 0 Å². The first kappa shape index (κ1) is 11.9. The lowest BCUT2D eigenvalue weighted by Gasteiger charge is -2.34. The van der Waals surface area contributed by atoms with Crippen LogP contribution >= 0.6 is 0 Å². The number of ether oxygens (including phenoxy) is 2. The van der Waals surface area contributed by atoms with Crippen molar-refractivity contribution in [1.82, 2.24) is 5.32 Å². The average molecular weight is 175 g/mol. The molecule has 0 spiro atoms. The summed E-state index contributed by atoms with van der Waals surface area (Å²) >= 11 is 0. The molecule has 3 heteroatoms. The van der Waals surface area contributed by atoms with Gasteiger partial charge in [-0.1, -0.05) is 20.8 Å². The van der Waals surface area contributed by atoms with Gasteiger partial charge in [-0.05, 0) is 12.5 Å². The number of rotatable bonds is 4. The Morgan fingerprint density at radius 2 is 1.50 bits per heavy atom. The molecule has 0 aliphatic heterocycles. The summed E-state index contributed by atoms with van der Waals surface area (Å²) in [4.78, 5) is 0. The van der Waals surface area contributed by atoms with Crippen LogP contribution in [0.15, 0.2) is 0 Å². The fourth-order valence-corrected chi connectivity index (χ4v) is 1.35. The van der Waals surface area contributed by atoms with E-state index in [1.807, 2.05) is 7.05 Å². The first-order chi connectivity index (χ1) is 5.47. The topological polar surface area (TPSA) is 30.5 Å². The molecule has 0 radical (unpaired) electrons. The molecule has 0 fully saturated rings. The van der Waals surface area contributed by atoms with Gasteiger partial charge in [0.1, 0.15) is 0 Å². The van der Waals surface area contributed by atoms with Gasteiger partial charge in [0, 0.05) is 14.2 Å². The molecule has 0 amide bonds. The quantitative estimate of drug-likeness (QED) is 0.652. The summed E-state index contributed by atoms with van der Waals surface area (Å²) in [6.45, 7) is 6.46. The molecule has 0 aromatic heterocycles. The second-order valence-corrected chi connectivity index (χ2v) is 3.97. The van der Waals surface area contributed by atoms with Gasteiger partial charge in [-0.25, -0.2) is 0 Å². The lowest BCUT2D eigenvalue weighted by atomic mass is 9.86. The van der Waals surface area contributed by atoms with Gasteiger partial charge in [0.05, 0.1) is 6.04 Å². The first-order valence-corrected chi connectivity index (χ1v) is 4.20. The van der Waals surface area contributed by atoms with Crippen LogP contribution in [0.25, 0.3) is 0 Å². The minimum Gasteiger partial charge on any atom is -0.354 e. The Bertz CT molecular complexity index is 116. The van der Waals surface area contributed by atoms with Crippen LogP contribution in [0, 0.1) is 5.41 Å². The van der Waals surface area contributed by atoms with Crippen LogP contribution in [0.2, 0.25) is 0 Å². The summed E-state index contributed by atoms with van der Waals surface area (Å²) in [5.74, 6) is 0. The zero-order valence-corrected chi connectivity index (χ0v) is 8.97. The fraction of sp³-hybridized carbons (Fsp3) is 1.00. The smallest absolute Gasteiger partial charge is 0.172 e. The maximum Gasteiger partial charge on any atom is 0.172 e. The molecule has 3 nitrogen and oxygen atoms in total. The molecular formula is C9H21NO2. The van der Waals surface area contributed by atoms with Crippen LogP contribution in [-0.4, -0.2) is 33.6 Å². The number of hydrogen-bond donors (Lipinski definition) is 1. The van der Waals surface area contributed by atoms with Crippen LogP contribution in [0.5, 0.6) is 0 Å². The van der Waals surface area contributed by atoms with Crippen LogP contribution in [0.1, 0.15) is 20.8 Å². The molecule has 0 aliphatic carbocycles. The minimum absolute atomic E-state index is 0.130. The summed E-state index contributed by atoms with van der Waals surface area (Å²) in [7, 11) is 5.23. The van der Waals surface area contributed by atoms with E-state index in [4.69, 9.17) is 9.47 Å². The summed E-state index contributed by atoms with van der Waals surface area (Å²) in [5.41, 5.74) is 0.130. The Kier molecular flexibility index (Phi) is 4.75. The molecular weight excluding hydrogens is 154 g/mol. The molecule has 0 aromatic carbocycles. The predicted molar refractivity (Wildman–Crippen MR) is 50.1 cm³/mol. The van der Waals surface area contributed by atoms with Crippen molar-refractivity contribution in [2.75, 3.05) is 21.3 Å². The van der Waals surface area contributed by atoms with Crippen molar-refractivity contribution in [2.45, 2.75) is 33.1 Å². The summed E-state index contributed by atoms with van der Waals surface area (Å²) in [6, 6.07) is 0.201. The Labute approximate surface area is 75.4 Å². The van der Waals surface area contributed by atoms with E-state index in [1.165, 1.54) is 0 Å². The molecule has 0 aliphatic rings. The first-order valence-electron chi connectivity index (χ1n) is 4.20. The molecule has 1 unspecified atom stereocenters. The van der Waals surface area contributed by atoms with E-state index in [2.05, 4.69) is 26.1 Å². The molecule has 12 heavy (non-hydrogen) atoms. The predicted octanol–water partition coefficient (Wildman–Crippen LogP) is 1.24. The van der Waals surface area contributed by atoms with Crippen molar-refractivity contribution in [3.8, 4) is 0 Å². The summed E-state index contributed by atoms with van der Waals surface area (Å²) < 4.78 is 10.4. The van der Waals surface area contributed by atoms with Gasteiger partial charge in [0.15, 0.2) is 6.29 Å². The molecule has 74 valence electrons. The molecule has 0 heterocycles. The number of methoxy groups -OCH3 is 2. The third-order valence-electron chi connectivity index (χ3n) is 1.98. The van der Waals surface area contributed by atoms with Gasteiger partial charge < -0.3 is 14.8 Å². The lowest BCUT2D eigenvalue weighted by Crippen LogP contribution is -2.48. The van der Waals surface area contributed by atoms with Crippen LogP contribution in [-0.2, 0) is 9.47 Å². The SMILES string of the molecule is CNC(C(OC)OC)C(C)(C)C. The van der Waals surface area contributed by atoms with Crippen molar-refractivity contribution in [3.05, 3.63) is 0 Å². The Morgan fingerprint density at radius 3 is 1.58 bits per heavy atom. The monoisotopic (exact) mass is 175 g/mol. The Morgan fingerprint density at radius 1 is 1.08 bits per heavy atom. The second-order valence-electron chi connectivity index (χ2n) is 3.97. The molecule has 0 saturated carbocycles. The fourth-order valence-electron chi connectivity index (χ4n) is 1.35. The van der Waals surface area contributed by atoms with E-state index >= 15 is 0 Å². The van der Waals surface area contributed by atoms with Gasteiger partial charge in [0.25, 0.3) is 0 Å². The van der Waals surface area contributed by atoms with E-state index in [1.54, 1.807) is 14.2 Å². The summed E-state index contributed by atoms with van der Waals surface area (Å²) in [5, 5.41) is 3.19. The molecule has 0 saturated heterocycles. The third kappa shape index (κ3) is 3.09. The van der Waals surface area contributed by atoms with Gasteiger partial charge in [-0.3, -0.25) is 0 Å². The Balaban J connectivity index is 4.31. The Hall–Kier alpha value is -0.120. The van der Waals surface area contributed by atoms with E-state index in [9.17, 15) is 0 Å². The largest absolute Gasteiger partial charge is 0.354 e. The van der Waals surface area contributed by atoms with E-state index in [-0.39, 0.29) is 17.7 Å². The van der Waals surface area contributed by atoms with Gasteiger partial charge in [-0.15, -0.1) is 0 Å². The number of hydrogen-bond acceptors (Lipinski definition) is 3. The van der Waals surface area contributed by atoms with Crippen molar-refractivity contribution in [2.24, 2.45) is 5.41 Å². The van der Waals surface area contributed by atoms with Crippen LogP contribution < -0.4 is 5.32 Å². The average Bonchev–Trinajstić information content (AvgIpc) is 1.97. The van der Waals surface area contributed by atoms with Crippen LogP contribution in [0.4, 0.5) is 0 Å². The number of nitrogens with one attached hydrogen (secondary N) is 1. The van der Waals surface area contributed by atoms with Gasteiger partial charge in [-0.2, -0.15) is 0 Å². The van der Waals surface area contributed by atoms with E-state index in [0.29, 0.717) is 0 Å². The highest BCUT2D eigenvalue weighted by Crippen LogP contribution is 2.23. The molecule has 1 atom stereocenters. The zero-order valence-electron chi connectivity index (χ0n) is 8.97. The second kappa shape index (κ2) is 4.80. The molecule has 0 bridgehead atoms. The van der Waals surface area contributed by atoms with Crippen molar-refractivity contribution >= 4 is 0 Å². The van der Waals surface area contributed by atoms with E-state index in [0.717, 1.165) is 0 Å². The molecule has 1 N–H and O–H groups in total. The maximum atomic E-state index is 5.19. The minimum atomic E-state index is -0.185.